The summed E-state index contributed by atoms with van der Waals surface area (Å²) < 4.78 is 0. The maximum Gasteiger partial charge on any atom is 0.235 e. The molecule has 8 nitrogen and oxygen atoms in total. The fourth-order valence-electron chi connectivity index (χ4n) is 4.83. The summed E-state index contributed by atoms with van der Waals surface area (Å²) >= 11 is 0. The smallest absolute Gasteiger partial charge is 0.211 e. The highest BCUT2D eigenvalue weighted by molar-refractivity contribution is 5.36. The van der Waals surface area contributed by atoms with Crippen LogP contribution >= 0.6 is 0 Å². The van der Waals surface area contributed by atoms with Crippen LogP contribution in [0.25, 0.3) is 0 Å². The third-order valence-electron chi connectivity index (χ3n) is 7.05. The molecule has 0 N–H and O–H groups in total. The minimum Gasteiger partial charge on any atom is -0.211 e. The van der Waals surface area contributed by atoms with E-state index in [-0.39, 0.29) is 12.1 Å². The number of carbonyl (C=O) groups excluding carboxylic acids is 4. The van der Waals surface area contributed by atoms with Crippen molar-refractivity contribution in [3.8, 4) is 0 Å². The average Bonchev–Trinajstić information content (AvgIpc) is 2.92. The van der Waals surface area contributed by atoms with E-state index < -0.39 is 0 Å². The second-order valence-electron chi connectivity index (χ2n) is 10.2. The molecular weight excluding hydrogens is 480 g/mol. The second-order valence-corrected chi connectivity index (χ2v) is 10.2. The van der Waals surface area contributed by atoms with Gasteiger partial charge in [0.25, 0.3) is 0 Å². The zero-order valence-corrected chi connectivity index (χ0v) is 23.5. The topological polar surface area (TPSA) is 118 Å². The molecule has 0 amide bonds. The lowest BCUT2D eigenvalue weighted by Crippen LogP contribution is -2.23. The van der Waals surface area contributed by atoms with Crippen LogP contribution in [-0.2, 0) is 19.2 Å². The minimum atomic E-state index is -0.270. The maximum absolute atomic E-state index is 11.0. The second kappa shape index (κ2) is 30.7. The van der Waals surface area contributed by atoms with Crippen molar-refractivity contribution < 1.29 is 19.2 Å². The van der Waals surface area contributed by atoms with Gasteiger partial charge in [-0.15, -0.1) is 0 Å². The molecule has 2 unspecified atom stereocenters. The fraction of sp³-hybridized carbons (Fsp3) is 0.867. The lowest BCUT2D eigenvalue weighted by atomic mass is 9.96. The summed E-state index contributed by atoms with van der Waals surface area (Å²) in [6.45, 7) is 1.20. The van der Waals surface area contributed by atoms with E-state index in [2.05, 4.69) is 20.0 Å². The van der Waals surface area contributed by atoms with Gasteiger partial charge in [0.1, 0.15) is 0 Å². The van der Waals surface area contributed by atoms with Gasteiger partial charge in [0.05, 0.1) is 25.2 Å². The first-order chi connectivity index (χ1) is 18.8. The van der Waals surface area contributed by atoms with E-state index in [1.165, 1.54) is 70.6 Å². The van der Waals surface area contributed by atoms with Crippen molar-refractivity contribution in [3.63, 3.8) is 0 Å². The fourth-order valence-corrected chi connectivity index (χ4v) is 4.83. The number of hydrogen-bond acceptors (Lipinski definition) is 8. The summed E-state index contributed by atoms with van der Waals surface area (Å²) in [7, 11) is 0. The third kappa shape index (κ3) is 25.2. The Labute approximate surface area is 230 Å². The van der Waals surface area contributed by atoms with E-state index in [0.29, 0.717) is 13.1 Å². The Hall–Kier alpha value is -2.48. The van der Waals surface area contributed by atoms with Gasteiger partial charge < -0.3 is 0 Å². The molecule has 0 saturated carbocycles. The van der Waals surface area contributed by atoms with Crippen molar-refractivity contribution in [2.75, 3.05) is 13.1 Å². The van der Waals surface area contributed by atoms with Gasteiger partial charge in [-0.3, -0.25) is 0 Å². The third-order valence-corrected chi connectivity index (χ3v) is 7.05. The monoisotopic (exact) mass is 530 g/mol. The van der Waals surface area contributed by atoms with Crippen LogP contribution in [0.2, 0.25) is 0 Å². The standard InChI is InChI=1S/C30H50N4O4/c35-25-31-23-19-15-11-7-3-1-2-5-9-13-17-21-29(33-27-37)30(34-28-38)22-18-14-10-6-4-8-12-16-20-24-32-26-36/h29-30H,1-24H2. The van der Waals surface area contributed by atoms with Crippen molar-refractivity contribution in [1.82, 2.24) is 0 Å². The zero-order chi connectivity index (χ0) is 27.8. The van der Waals surface area contributed by atoms with Crippen molar-refractivity contribution in [1.29, 1.82) is 0 Å². The van der Waals surface area contributed by atoms with E-state index in [9.17, 15) is 19.2 Å². The molecule has 0 rings (SSSR count). The summed E-state index contributed by atoms with van der Waals surface area (Å²) in [6.07, 6.45) is 30.9. The molecule has 0 aliphatic rings. The Morgan fingerprint density at radius 1 is 0.342 bits per heavy atom. The molecule has 0 fully saturated rings. The molecule has 0 aromatic heterocycles. The largest absolute Gasteiger partial charge is 0.235 e. The van der Waals surface area contributed by atoms with Gasteiger partial charge in [-0.25, -0.2) is 39.1 Å². The van der Waals surface area contributed by atoms with E-state index in [4.69, 9.17) is 0 Å². The Morgan fingerprint density at radius 2 is 0.605 bits per heavy atom. The minimum absolute atomic E-state index is 0.269. The lowest BCUT2D eigenvalue weighted by Gasteiger charge is -2.18. The summed E-state index contributed by atoms with van der Waals surface area (Å²) in [4.78, 5) is 57.1. The van der Waals surface area contributed by atoms with Crippen LogP contribution < -0.4 is 0 Å². The molecule has 38 heavy (non-hydrogen) atoms. The first-order valence-electron chi connectivity index (χ1n) is 15.0. The number of rotatable bonds is 29. The van der Waals surface area contributed by atoms with Gasteiger partial charge in [0, 0.05) is 0 Å². The molecule has 0 spiro atoms. The molecule has 0 aliphatic heterocycles. The molecule has 0 aromatic rings. The summed E-state index contributed by atoms with van der Waals surface area (Å²) in [6, 6.07) is -0.539. The molecule has 0 bridgehead atoms. The Kier molecular flexibility index (Phi) is 28.7. The molecule has 214 valence electrons. The molecule has 0 radical (unpaired) electrons. The highest BCUT2D eigenvalue weighted by atomic mass is 16.1. The quantitative estimate of drug-likeness (QED) is 0.0560. The Balaban J connectivity index is 3.88. The Morgan fingerprint density at radius 3 is 0.868 bits per heavy atom. The van der Waals surface area contributed by atoms with Gasteiger partial charge in [-0.2, -0.15) is 0 Å². The van der Waals surface area contributed by atoms with Gasteiger partial charge in [0.2, 0.25) is 24.3 Å². The van der Waals surface area contributed by atoms with Crippen LogP contribution in [0.3, 0.4) is 0 Å². The van der Waals surface area contributed by atoms with Crippen LogP contribution in [0.5, 0.6) is 0 Å². The van der Waals surface area contributed by atoms with Gasteiger partial charge in [-0.1, -0.05) is 116 Å². The molecule has 0 aliphatic carbocycles. The number of nitrogens with zero attached hydrogens (tertiary/aromatic N) is 4. The maximum atomic E-state index is 11.0. The molecule has 8 heteroatoms. The first-order valence-corrected chi connectivity index (χ1v) is 15.0. The van der Waals surface area contributed by atoms with E-state index in [1.54, 1.807) is 24.3 Å². The normalized spacial score (nSPS) is 11.9. The van der Waals surface area contributed by atoms with Crippen LogP contribution in [0.4, 0.5) is 0 Å². The summed E-state index contributed by atoms with van der Waals surface area (Å²) in [5.41, 5.74) is 0. The van der Waals surface area contributed by atoms with Crippen LogP contribution in [0.15, 0.2) is 20.0 Å². The highest BCUT2D eigenvalue weighted by Crippen LogP contribution is 2.20. The van der Waals surface area contributed by atoms with E-state index in [0.717, 1.165) is 70.6 Å². The van der Waals surface area contributed by atoms with Crippen LogP contribution in [0, 0.1) is 0 Å². The Bertz CT molecular complexity index is 735. The predicted octanol–water partition coefficient (Wildman–Crippen LogP) is 7.65. The van der Waals surface area contributed by atoms with Crippen molar-refractivity contribution >= 4 is 24.3 Å². The zero-order valence-electron chi connectivity index (χ0n) is 23.5. The number of isocyanates is 4. The van der Waals surface area contributed by atoms with Gasteiger partial charge in [0.15, 0.2) is 0 Å². The molecule has 0 heterocycles. The van der Waals surface area contributed by atoms with Crippen molar-refractivity contribution in [3.05, 3.63) is 0 Å². The molecule has 2 atom stereocenters. The first kappa shape index (κ1) is 35.5. The molecular formula is C30H50N4O4. The predicted molar refractivity (Wildman–Crippen MR) is 151 cm³/mol. The summed E-state index contributed by atoms with van der Waals surface area (Å²) in [5.74, 6) is 0. The average molecular weight is 531 g/mol. The van der Waals surface area contributed by atoms with Gasteiger partial charge in [-0.05, 0) is 25.7 Å². The lowest BCUT2D eigenvalue weighted by molar-refractivity contribution is 0.426. The van der Waals surface area contributed by atoms with E-state index >= 15 is 0 Å². The number of hydrogen-bond donors (Lipinski definition) is 0. The van der Waals surface area contributed by atoms with Crippen LogP contribution in [-0.4, -0.2) is 49.5 Å². The van der Waals surface area contributed by atoms with Gasteiger partial charge >= 0.3 is 0 Å². The van der Waals surface area contributed by atoms with Crippen LogP contribution in [0.1, 0.15) is 141 Å². The molecule has 0 aromatic carbocycles. The number of unbranched alkanes of at least 4 members (excludes halogenated alkanes) is 18. The SMILES string of the molecule is O=C=NCCCCCCCCCCCCCC(N=C=O)C(CCCCCCCCCCCN=C=O)N=C=O. The highest BCUT2D eigenvalue weighted by Gasteiger charge is 2.20. The summed E-state index contributed by atoms with van der Waals surface area (Å²) in [5, 5.41) is 0. The van der Waals surface area contributed by atoms with Crippen molar-refractivity contribution in [2.24, 2.45) is 20.0 Å². The van der Waals surface area contributed by atoms with E-state index in [1.807, 2.05) is 0 Å². The van der Waals surface area contributed by atoms with Crippen molar-refractivity contribution in [2.45, 2.75) is 153 Å². The number of aliphatic imine (C=N–C) groups is 4. The molecule has 0 saturated heterocycles.